The van der Waals surface area contributed by atoms with Crippen LogP contribution in [0.25, 0.3) is 0 Å². The van der Waals surface area contributed by atoms with Gasteiger partial charge in [-0.1, -0.05) is 12.1 Å². The van der Waals surface area contributed by atoms with Gasteiger partial charge in [-0.05, 0) is 12.1 Å². The molecule has 1 aromatic carbocycles. The number of hydrogen-bond acceptors (Lipinski definition) is 6. The molecule has 1 saturated heterocycles. The van der Waals surface area contributed by atoms with E-state index in [4.69, 9.17) is 0 Å². The molecule has 0 saturated carbocycles. The minimum absolute atomic E-state index is 0.0458. The molecule has 3 rings (SSSR count). The van der Waals surface area contributed by atoms with E-state index in [1.165, 1.54) is 24.3 Å². The minimum atomic E-state index is -1.92. The second-order valence-electron chi connectivity index (χ2n) is 4.37. The lowest BCUT2D eigenvalue weighted by Gasteiger charge is -2.29. The minimum Gasteiger partial charge on any atom is -0.277 e. The molecule has 0 spiro atoms. The number of rotatable bonds is 1. The molecule has 2 N–H and O–H groups in total. The Morgan fingerprint density at radius 2 is 1.48 bits per heavy atom. The number of barbiturate groups is 1. The first-order chi connectivity index (χ1) is 9.93. The fourth-order valence-electron chi connectivity index (χ4n) is 2.22. The molecule has 1 unspecified atom stereocenters. The highest BCUT2D eigenvalue weighted by Crippen LogP contribution is 2.26. The molecule has 9 heteroatoms. The van der Waals surface area contributed by atoms with Crippen molar-refractivity contribution in [2.75, 3.05) is 0 Å². The van der Waals surface area contributed by atoms with Gasteiger partial charge in [-0.2, -0.15) is 0 Å². The Labute approximate surface area is 116 Å². The van der Waals surface area contributed by atoms with Crippen LogP contribution in [0.3, 0.4) is 0 Å². The molecular formula is C12H7N3O6. The van der Waals surface area contributed by atoms with Crippen molar-refractivity contribution in [3.8, 4) is 0 Å². The SMILES string of the molecule is O=C1NC(=O)N(O)C(=O)C1N1C(=O)c2ccccc2C1=O. The quantitative estimate of drug-likeness (QED) is 0.393. The number of hydroxylamine groups is 2. The Morgan fingerprint density at radius 3 is 2.00 bits per heavy atom. The van der Waals surface area contributed by atoms with Crippen LogP contribution in [0.4, 0.5) is 4.79 Å². The maximum Gasteiger partial charge on any atom is 0.355 e. The Morgan fingerprint density at radius 1 is 0.952 bits per heavy atom. The number of carbonyl (C=O) groups excluding carboxylic acids is 5. The van der Waals surface area contributed by atoms with E-state index in [-0.39, 0.29) is 16.2 Å². The van der Waals surface area contributed by atoms with Gasteiger partial charge in [0.25, 0.3) is 23.6 Å². The number of hydrogen-bond donors (Lipinski definition) is 2. The molecule has 2 heterocycles. The Bertz CT molecular complexity index is 692. The molecule has 0 aromatic heterocycles. The predicted molar refractivity (Wildman–Crippen MR) is 62.9 cm³/mol. The van der Waals surface area contributed by atoms with Crippen molar-refractivity contribution in [1.82, 2.24) is 15.3 Å². The van der Waals surface area contributed by atoms with Crippen molar-refractivity contribution in [1.29, 1.82) is 0 Å². The van der Waals surface area contributed by atoms with E-state index in [2.05, 4.69) is 0 Å². The molecule has 106 valence electrons. The smallest absolute Gasteiger partial charge is 0.277 e. The van der Waals surface area contributed by atoms with Crippen LogP contribution in [0.15, 0.2) is 24.3 Å². The number of amides is 6. The summed E-state index contributed by atoms with van der Waals surface area (Å²) in [6.07, 6.45) is 0. The zero-order valence-electron chi connectivity index (χ0n) is 10.3. The van der Waals surface area contributed by atoms with Gasteiger partial charge in [0, 0.05) is 0 Å². The zero-order valence-corrected chi connectivity index (χ0v) is 10.3. The summed E-state index contributed by atoms with van der Waals surface area (Å²) in [4.78, 5) is 59.4. The van der Waals surface area contributed by atoms with Gasteiger partial charge in [-0.3, -0.25) is 34.6 Å². The van der Waals surface area contributed by atoms with Gasteiger partial charge in [0.1, 0.15) is 0 Å². The maximum atomic E-state index is 12.2. The molecule has 0 bridgehead atoms. The normalized spacial score (nSPS) is 21.8. The third-order valence-corrected chi connectivity index (χ3v) is 3.20. The summed E-state index contributed by atoms with van der Waals surface area (Å²) in [5, 5.41) is 10.6. The molecule has 0 radical (unpaired) electrons. The number of nitrogens with one attached hydrogen (secondary N) is 1. The highest BCUT2D eigenvalue weighted by Gasteiger charge is 2.51. The number of nitrogens with zero attached hydrogens (tertiary/aromatic N) is 2. The van der Waals surface area contributed by atoms with Crippen molar-refractivity contribution in [2.24, 2.45) is 0 Å². The first kappa shape index (κ1) is 12.9. The van der Waals surface area contributed by atoms with Crippen LogP contribution in [0, 0.1) is 0 Å². The van der Waals surface area contributed by atoms with E-state index in [0.29, 0.717) is 4.90 Å². The topological polar surface area (TPSA) is 124 Å². The number of urea groups is 1. The van der Waals surface area contributed by atoms with Crippen LogP contribution >= 0.6 is 0 Å². The Kier molecular flexibility index (Phi) is 2.60. The van der Waals surface area contributed by atoms with Crippen LogP contribution in [0.1, 0.15) is 20.7 Å². The third-order valence-electron chi connectivity index (χ3n) is 3.20. The molecule has 0 aliphatic carbocycles. The van der Waals surface area contributed by atoms with Gasteiger partial charge in [0.15, 0.2) is 0 Å². The fourth-order valence-corrected chi connectivity index (χ4v) is 2.22. The maximum absolute atomic E-state index is 12.2. The molecule has 2 aliphatic rings. The van der Waals surface area contributed by atoms with Crippen molar-refractivity contribution >= 4 is 29.7 Å². The van der Waals surface area contributed by atoms with Gasteiger partial charge in [-0.25, -0.2) is 4.79 Å². The molecule has 9 nitrogen and oxygen atoms in total. The van der Waals surface area contributed by atoms with Crippen LogP contribution in [-0.4, -0.2) is 50.9 Å². The molecule has 1 aromatic rings. The van der Waals surface area contributed by atoms with Gasteiger partial charge in [0.05, 0.1) is 11.1 Å². The average Bonchev–Trinajstić information content (AvgIpc) is 2.71. The second-order valence-corrected chi connectivity index (χ2v) is 4.37. The predicted octanol–water partition coefficient (Wildman–Crippen LogP) is -0.881. The lowest BCUT2D eigenvalue weighted by molar-refractivity contribution is -0.164. The van der Waals surface area contributed by atoms with Crippen molar-refractivity contribution < 1.29 is 29.2 Å². The highest BCUT2D eigenvalue weighted by molar-refractivity contribution is 6.28. The summed E-state index contributed by atoms with van der Waals surface area (Å²) in [7, 11) is 0. The van der Waals surface area contributed by atoms with E-state index >= 15 is 0 Å². The first-order valence-corrected chi connectivity index (χ1v) is 5.78. The number of carbonyl (C=O) groups is 5. The monoisotopic (exact) mass is 289 g/mol. The van der Waals surface area contributed by atoms with Gasteiger partial charge < -0.3 is 0 Å². The molecule has 1 fully saturated rings. The molecule has 2 aliphatic heterocycles. The zero-order chi connectivity index (χ0) is 15.3. The molecule has 6 amide bonds. The summed E-state index contributed by atoms with van der Waals surface area (Å²) in [6.45, 7) is 0. The average molecular weight is 289 g/mol. The summed E-state index contributed by atoms with van der Waals surface area (Å²) in [6, 6.07) is 2.56. The largest absolute Gasteiger partial charge is 0.355 e. The summed E-state index contributed by atoms with van der Waals surface area (Å²) < 4.78 is 0. The third kappa shape index (κ3) is 1.64. The molecule has 21 heavy (non-hydrogen) atoms. The van der Waals surface area contributed by atoms with Gasteiger partial charge in [-0.15, -0.1) is 5.06 Å². The fraction of sp³-hybridized carbons (Fsp3) is 0.0833. The van der Waals surface area contributed by atoms with E-state index in [9.17, 15) is 29.2 Å². The second kappa shape index (κ2) is 4.21. The number of benzene rings is 1. The van der Waals surface area contributed by atoms with Crippen molar-refractivity contribution in [2.45, 2.75) is 6.04 Å². The number of fused-ring (bicyclic) bond motifs is 1. The summed E-state index contributed by atoms with van der Waals surface area (Å²) in [5.74, 6) is -4.19. The van der Waals surface area contributed by atoms with E-state index in [1.807, 2.05) is 0 Å². The number of imide groups is 3. The van der Waals surface area contributed by atoms with E-state index in [0.717, 1.165) is 0 Å². The highest BCUT2D eigenvalue weighted by atomic mass is 16.5. The lowest BCUT2D eigenvalue weighted by atomic mass is 10.1. The van der Waals surface area contributed by atoms with E-state index in [1.54, 1.807) is 5.32 Å². The summed E-state index contributed by atoms with van der Waals surface area (Å²) >= 11 is 0. The van der Waals surface area contributed by atoms with Crippen LogP contribution < -0.4 is 5.32 Å². The van der Waals surface area contributed by atoms with Crippen LogP contribution in [0.5, 0.6) is 0 Å². The van der Waals surface area contributed by atoms with Crippen LogP contribution in [0.2, 0.25) is 0 Å². The first-order valence-electron chi connectivity index (χ1n) is 5.78. The Hall–Kier alpha value is -3.07. The molecule has 1 atom stereocenters. The van der Waals surface area contributed by atoms with Gasteiger partial charge >= 0.3 is 6.03 Å². The van der Waals surface area contributed by atoms with Gasteiger partial charge in [0.2, 0.25) is 6.04 Å². The lowest BCUT2D eigenvalue weighted by Crippen LogP contribution is -2.65. The van der Waals surface area contributed by atoms with Crippen molar-refractivity contribution in [3.63, 3.8) is 0 Å². The Balaban J connectivity index is 2.04. The van der Waals surface area contributed by atoms with Crippen LogP contribution in [-0.2, 0) is 9.59 Å². The summed E-state index contributed by atoms with van der Waals surface area (Å²) in [5.41, 5.74) is 0.0916. The van der Waals surface area contributed by atoms with Crippen molar-refractivity contribution in [3.05, 3.63) is 35.4 Å². The standard InChI is InChI=1S/C12H7N3O6/c16-8-7(11(19)15(21)12(20)13-8)14-9(17)5-3-1-2-4-6(5)10(14)18/h1-4,7,21H,(H,13,16,20). The molecular weight excluding hydrogens is 282 g/mol. The van der Waals surface area contributed by atoms with E-state index < -0.39 is 35.7 Å².